The summed E-state index contributed by atoms with van der Waals surface area (Å²) in [6.07, 6.45) is 0. The fourth-order valence-corrected chi connectivity index (χ4v) is 3.52. The number of urea groups is 1. The minimum atomic E-state index is -0.317. The second kappa shape index (κ2) is 10.0. The van der Waals surface area contributed by atoms with Gasteiger partial charge >= 0.3 is 6.03 Å². The monoisotopic (exact) mass is 410 g/mol. The predicted molar refractivity (Wildman–Crippen MR) is 119 cm³/mol. The largest absolute Gasteiger partial charge is 0.492 e. The van der Waals surface area contributed by atoms with Crippen LogP contribution in [0.5, 0.6) is 5.75 Å². The molecule has 0 atom stereocenters. The molecule has 30 heavy (non-hydrogen) atoms. The van der Waals surface area contributed by atoms with Crippen molar-refractivity contribution in [3.05, 3.63) is 54.1 Å². The third-order valence-electron chi connectivity index (χ3n) is 4.90. The van der Waals surface area contributed by atoms with E-state index < -0.39 is 0 Å². The van der Waals surface area contributed by atoms with E-state index >= 15 is 0 Å². The maximum absolute atomic E-state index is 13.1. The number of amides is 3. The van der Waals surface area contributed by atoms with Crippen LogP contribution in [0.25, 0.3) is 0 Å². The van der Waals surface area contributed by atoms with E-state index in [1.54, 1.807) is 12.1 Å². The summed E-state index contributed by atoms with van der Waals surface area (Å²) in [7, 11) is 0. The number of nitrogens with one attached hydrogen (secondary N) is 2. The molecule has 7 nitrogen and oxygen atoms in total. The van der Waals surface area contributed by atoms with Crippen LogP contribution in [-0.4, -0.2) is 55.7 Å². The highest BCUT2D eigenvalue weighted by atomic mass is 16.5. The van der Waals surface area contributed by atoms with Crippen LogP contribution in [0.15, 0.2) is 48.5 Å². The Balaban J connectivity index is 1.67. The van der Waals surface area contributed by atoms with Crippen LogP contribution in [0, 0.1) is 0 Å². The van der Waals surface area contributed by atoms with Gasteiger partial charge in [-0.15, -0.1) is 0 Å². The van der Waals surface area contributed by atoms with Crippen molar-refractivity contribution in [3.63, 3.8) is 0 Å². The molecule has 3 rings (SSSR count). The lowest BCUT2D eigenvalue weighted by molar-refractivity contribution is 0.0747. The fourth-order valence-electron chi connectivity index (χ4n) is 3.52. The summed E-state index contributed by atoms with van der Waals surface area (Å²) < 4.78 is 5.75. The molecule has 1 aliphatic heterocycles. The Morgan fingerprint density at radius 1 is 1.00 bits per heavy atom. The van der Waals surface area contributed by atoms with Gasteiger partial charge in [0.15, 0.2) is 0 Å². The van der Waals surface area contributed by atoms with E-state index in [4.69, 9.17) is 4.74 Å². The lowest BCUT2D eigenvalue weighted by atomic mass is 10.1. The zero-order valence-corrected chi connectivity index (χ0v) is 17.9. The summed E-state index contributed by atoms with van der Waals surface area (Å²) in [5.74, 6) is 0.790. The molecule has 0 saturated carbocycles. The van der Waals surface area contributed by atoms with Gasteiger partial charge < -0.3 is 25.2 Å². The van der Waals surface area contributed by atoms with Crippen LogP contribution >= 0.6 is 0 Å². The van der Waals surface area contributed by atoms with Gasteiger partial charge in [-0.2, -0.15) is 0 Å². The minimum absolute atomic E-state index is 0.0144. The molecule has 2 N–H and O–H groups in total. The maximum Gasteiger partial charge on any atom is 0.319 e. The molecule has 0 unspecified atom stereocenters. The first-order chi connectivity index (χ1) is 14.5. The number of hydrogen-bond acceptors (Lipinski definition) is 4. The summed E-state index contributed by atoms with van der Waals surface area (Å²) >= 11 is 0. The molecule has 0 spiro atoms. The second-order valence-electron chi connectivity index (χ2n) is 7.48. The Kier molecular flexibility index (Phi) is 7.17. The average Bonchev–Trinajstić information content (AvgIpc) is 2.74. The Hall–Kier alpha value is -3.22. The fraction of sp³-hybridized carbons (Fsp3) is 0.391. The van der Waals surface area contributed by atoms with E-state index in [1.165, 1.54) is 0 Å². The minimum Gasteiger partial charge on any atom is -0.492 e. The van der Waals surface area contributed by atoms with Crippen LogP contribution in [0.4, 0.5) is 16.2 Å². The molecule has 1 fully saturated rings. The first kappa shape index (κ1) is 21.5. The number of carbonyl (C=O) groups excluding carboxylic acids is 2. The van der Waals surface area contributed by atoms with E-state index in [9.17, 15) is 9.59 Å². The smallest absolute Gasteiger partial charge is 0.319 e. The van der Waals surface area contributed by atoms with Gasteiger partial charge in [-0.25, -0.2) is 4.79 Å². The van der Waals surface area contributed by atoms with Crippen molar-refractivity contribution in [1.29, 1.82) is 0 Å². The zero-order valence-electron chi connectivity index (χ0n) is 17.9. The van der Waals surface area contributed by atoms with Gasteiger partial charge in [0.2, 0.25) is 0 Å². The second-order valence-corrected chi connectivity index (χ2v) is 7.48. The van der Waals surface area contributed by atoms with Crippen molar-refractivity contribution < 1.29 is 14.3 Å². The predicted octanol–water partition coefficient (Wildman–Crippen LogP) is 3.58. The van der Waals surface area contributed by atoms with Crippen LogP contribution in [0.1, 0.15) is 31.1 Å². The van der Waals surface area contributed by atoms with Crippen LogP contribution in [0.3, 0.4) is 0 Å². The summed E-state index contributed by atoms with van der Waals surface area (Å²) in [5, 5.41) is 5.58. The SMILES string of the molecule is CCOc1ccccc1N1CCN(C(=O)c2ccccc2NC(=O)NC(C)C)CC1. The lowest BCUT2D eigenvalue weighted by Crippen LogP contribution is -2.49. The number of anilines is 2. The Labute approximate surface area is 178 Å². The van der Waals surface area contributed by atoms with Gasteiger partial charge in [-0.05, 0) is 45.0 Å². The molecule has 7 heteroatoms. The van der Waals surface area contributed by atoms with Crippen molar-refractivity contribution in [2.75, 3.05) is 43.0 Å². The average molecular weight is 411 g/mol. The van der Waals surface area contributed by atoms with Crippen molar-refractivity contribution in [1.82, 2.24) is 10.2 Å². The quantitative estimate of drug-likeness (QED) is 0.763. The van der Waals surface area contributed by atoms with E-state index in [0.29, 0.717) is 30.9 Å². The van der Waals surface area contributed by atoms with E-state index in [1.807, 2.05) is 56.0 Å². The molecular weight excluding hydrogens is 380 g/mol. The molecule has 2 aromatic rings. The molecular formula is C23H30N4O3. The number of nitrogens with zero attached hydrogens (tertiary/aromatic N) is 2. The number of piperazine rings is 1. The van der Waals surface area contributed by atoms with Crippen molar-refractivity contribution in [3.8, 4) is 5.75 Å². The Morgan fingerprint density at radius 3 is 2.37 bits per heavy atom. The highest BCUT2D eigenvalue weighted by Crippen LogP contribution is 2.29. The van der Waals surface area contributed by atoms with Gasteiger partial charge in [0.1, 0.15) is 5.75 Å². The third-order valence-corrected chi connectivity index (χ3v) is 4.90. The first-order valence-corrected chi connectivity index (χ1v) is 10.4. The highest BCUT2D eigenvalue weighted by molar-refractivity contribution is 6.03. The highest BCUT2D eigenvalue weighted by Gasteiger charge is 2.25. The zero-order chi connectivity index (χ0) is 21.5. The molecule has 2 aromatic carbocycles. The molecule has 3 amide bonds. The third kappa shape index (κ3) is 5.23. The van der Waals surface area contributed by atoms with Crippen LogP contribution in [-0.2, 0) is 0 Å². The van der Waals surface area contributed by atoms with E-state index in [2.05, 4.69) is 21.6 Å². The topological polar surface area (TPSA) is 73.9 Å². The summed E-state index contributed by atoms with van der Waals surface area (Å²) in [5.41, 5.74) is 2.07. The van der Waals surface area contributed by atoms with Crippen molar-refractivity contribution in [2.45, 2.75) is 26.8 Å². The number of carbonyl (C=O) groups is 2. The standard InChI is InChI=1S/C23H30N4O3/c1-4-30-21-12-8-7-11-20(21)26-13-15-27(16-14-26)22(28)18-9-5-6-10-19(18)25-23(29)24-17(2)3/h5-12,17H,4,13-16H2,1-3H3,(H2,24,25,29). The van der Waals surface area contributed by atoms with Crippen LogP contribution in [0.2, 0.25) is 0 Å². The molecule has 1 saturated heterocycles. The van der Waals surface area contributed by atoms with Gasteiger partial charge in [-0.3, -0.25) is 4.79 Å². The van der Waals surface area contributed by atoms with E-state index in [0.717, 1.165) is 24.5 Å². The van der Waals surface area contributed by atoms with E-state index in [-0.39, 0.29) is 18.0 Å². The molecule has 160 valence electrons. The molecule has 0 aliphatic carbocycles. The number of ether oxygens (including phenoxy) is 1. The van der Waals surface area contributed by atoms with Gasteiger partial charge in [0, 0.05) is 32.2 Å². The molecule has 1 heterocycles. The number of rotatable bonds is 6. The normalized spacial score (nSPS) is 13.9. The van der Waals surface area contributed by atoms with Crippen molar-refractivity contribution >= 4 is 23.3 Å². The lowest BCUT2D eigenvalue weighted by Gasteiger charge is -2.37. The van der Waals surface area contributed by atoms with Gasteiger partial charge in [0.25, 0.3) is 5.91 Å². The molecule has 0 radical (unpaired) electrons. The van der Waals surface area contributed by atoms with Crippen LogP contribution < -0.4 is 20.3 Å². The Bertz CT molecular complexity index is 876. The number of para-hydroxylation sites is 3. The van der Waals surface area contributed by atoms with Crippen molar-refractivity contribution in [2.24, 2.45) is 0 Å². The summed E-state index contributed by atoms with van der Waals surface area (Å²) in [6, 6.07) is 14.8. The maximum atomic E-state index is 13.1. The molecule has 0 aromatic heterocycles. The Morgan fingerprint density at radius 2 is 1.67 bits per heavy atom. The number of hydrogen-bond donors (Lipinski definition) is 2. The molecule has 0 bridgehead atoms. The first-order valence-electron chi connectivity index (χ1n) is 10.4. The summed E-state index contributed by atoms with van der Waals surface area (Å²) in [6.45, 7) is 9.01. The summed E-state index contributed by atoms with van der Waals surface area (Å²) in [4.78, 5) is 29.3. The van der Waals surface area contributed by atoms with Gasteiger partial charge in [-0.1, -0.05) is 24.3 Å². The molecule has 1 aliphatic rings. The van der Waals surface area contributed by atoms with Gasteiger partial charge in [0.05, 0.1) is 23.5 Å². The number of benzene rings is 2.